The zero-order valence-electron chi connectivity index (χ0n) is 14.5. The number of nitrogens with one attached hydrogen (secondary N) is 1. The summed E-state index contributed by atoms with van der Waals surface area (Å²) in [5, 5.41) is 12.5. The van der Waals surface area contributed by atoms with Gasteiger partial charge in [-0.2, -0.15) is 4.98 Å². The Morgan fingerprint density at radius 3 is 2.88 bits per heavy atom. The smallest absolute Gasteiger partial charge is 0.247 e. The number of para-hydroxylation sites is 1. The lowest BCUT2D eigenvalue weighted by Crippen LogP contribution is -2.17. The van der Waals surface area contributed by atoms with Crippen molar-refractivity contribution in [3.8, 4) is 22.9 Å². The average molecular weight is 366 g/mol. The van der Waals surface area contributed by atoms with Crippen molar-refractivity contribution in [3.05, 3.63) is 54.1 Å². The monoisotopic (exact) mass is 366 g/mol. The molecule has 0 unspecified atom stereocenters. The first kappa shape index (κ1) is 16.7. The van der Waals surface area contributed by atoms with Crippen LogP contribution in [0.1, 0.15) is 18.7 Å². The molecule has 0 aliphatic carbocycles. The number of fused-ring (bicyclic) bond motifs is 3. The molecule has 0 saturated carbocycles. The van der Waals surface area contributed by atoms with E-state index in [0.717, 1.165) is 22.6 Å². The third kappa shape index (κ3) is 3.17. The van der Waals surface area contributed by atoms with E-state index < -0.39 is 6.23 Å². The number of thioether (sulfide) groups is 1. The van der Waals surface area contributed by atoms with E-state index in [1.165, 1.54) is 11.8 Å². The number of hydrogen-bond acceptors (Lipinski definition) is 7. The summed E-state index contributed by atoms with van der Waals surface area (Å²) in [6.45, 7) is 2.58. The maximum atomic E-state index is 6.21. The van der Waals surface area contributed by atoms with Crippen LogP contribution < -0.4 is 14.8 Å². The minimum Gasteiger partial charge on any atom is -0.494 e. The molecule has 0 radical (unpaired) electrons. The van der Waals surface area contributed by atoms with E-state index in [1.807, 2.05) is 61.7 Å². The fraction of sp³-hybridized carbons (Fsp3) is 0.211. The molecule has 26 heavy (non-hydrogen) atoms. The van der Waals surface area contributed by atoms with E-state index >= 15 is 0 Å². The van der Waals surface area contributed by atoms with Crippen molar-refractivity contribution in [2.24, 2.45) is 0 Å². The van der Waals surface area contributed by atoms with Gasteiger partial charge in [-0.1, -0.05) is 42.1 Å². The van der Waals surface area contributed by atoms with Gasteiger partial charge in [-0.05, 0) is 31.4 Å². The van der Waals surface area contributed by atoms with Gasteiger partial charge in [0.15, 0.2) is 11.9 Å². The predicted octanol–water partition coefficient (Wildman–Crippen LogP) is 4.16. The van der Waals surface area contributed by atoms with Crippen LogP contribution in [0.15, 0.2) is 53.7 Å². The Bertz CT molecular complexity index is 935. The fourth-order valence-electron chi connectivity index (χ4n) is 2.82. The molecule has 3 aromatic rings. The molecule has 1 aromatic heterocycles. The van der Waals surface area contributed by atoms with Crippen LogP contribution in [-0.4, -0.2) is 28.0 Å². The van der Waals surface area contributed by atoms with Crippen LogP contribution in [0.5, 0.6) is 11.6 Å². The first-order chi connectivity index (χ1) is 12.8. The Morgan fingerprint density at radius 1 is 1.15 bits per heavy atom. The molecule has 1 N–H and O–H groups in total. The fourth-order valence-corrected chi connectivity index (χ4v) is 3.12. The molecule has 4 rings (SSSR count). The van der Waals surface area contributed by atoms with Crippen LogP contribution >= 0.6 is 11.8 Å². The Kier molecular flexibility index (Phi) is 4.62. The molecule has 1 atom stereocenters. The minimum absolute atomic E-state index is 0.413. The van der Waals surface area contributed by atoms with Crippen LogP contribution in [0.25, 0.3) is 11.3 Å². The van der Waals surface area contributed by atoms with Crippen LogP contribution in [0.4, 0.5) is 5.69 Å². The molecule has 132 valence electrons. The van der Waals surface area contributed by atoms with Crippen molar-refractivity contribution in [2.45, 2.75) is 18.3 Å². The topological polar surface area (TPSA) is 69.2 Å². The Hall–Kier alpha value is -2.80. The highest BCUT2D eigenvalue weighted by atomic mass is 32.2. The van der Waals surface area contributed by atoms with Gasteiger partial charge in [0, 0.05) is 16.8 Å². The Balaban J connectivity index is 1.80. The van der Waals surface area contributed by atoms with Gasteiger partial charge in [-0.15, -0.1) is 10.2 Å². The number of ether oxygens (including phenoxy) is 2. The predicted molar refractivity (Wildman–Crippen MR) is 102 cm³/mol. The van der Waals surface area contributed by atoms with E-state index in [0.29, 0.717) is 23.3 Å². The lowest BCUT2D eigenvalue weighted by molar-refractivity contribution is 0.224. The van der Waals surface area contributed by atoms with Crippen molar-refractivity contribution in [1.82, 2.24) is 15.2 Å². The zero-order valence-corrected chi connectivity index (χ0v) is 15.3. The third-order valence-electron chi connectivity index (χ3n) is 3.99. The normalized spacial score (nSPS) is 15.1. The number of benzene rings is 2. The summed E-state index contributed by atoms with van der Waals surface area (Å²) in [4.78, 5) is 4.52. The SMILES string of the molecule is CCOc1cccc([C@@H]2Nc3ccccc3-c3nnc(SC)nc3O2)c1. The van der Waals surface area contributed by atoms with Gasteiger partial charge in [-0.25, -0.2) is 0 Å². The van der Waals surface area contributed by atoms with E-state index in [4.69, 9.17) is 9.47 Å². The quantitative estimate of drug-likeness (QED) is 0.695. The Morgan fingerprint density at radius 2 is 2.04 bits per heavy atom. The molecule has 0 amide bonds. The summed E-state index contributed by atoms with van der Waals surface area (Å²) in [6.07, 6.45) is 1.50. The first-order valence-electron chi connectivity index (χ1n) is 8.32. The second kappa shape index (κ2) is 7.21. The molecule has 0 spiro atoms. The summed E-state index contributed by atoms with van der Waals surface area (Å²) in [5.74, 6) is 1.27. The third-order valence-corrected chi connectivity index (χ3v) is 4.53. The number of nitrogens with zero attached hydrogens (tertiary/aromatic N) is 3. The van der Waals surface area contributed by atoms with Gasteiger partial charge in [0.2, 0.25) is 11.0 Å². The number of rotatable bonds is 4. The Labute approximate surface area is 156 Å². The van der Waals surface area contributed by atoms with Crippen LogP contribution in [0.2, 0.25) is 0 Å². The summed E-state index contributed by atoms with van der Waals surface area (Å²) < 4.78 is 11.8. The average Bonchev–Trinajstić information content (AvgIpc) is 2.84. The molecule has 2 heterocycles. The van der Waals surface area contributed by atoms with Crippen molar-refractivity contribution < 1.29 is 9.47 Å². The van der Waals surface area contributed by atoms with Gasteiger partial charge in [0.05, 0.1) is 6.61 Å². The molecule has 1 aliphatic rings. The molecule has 6 nitrogen and oxygen atoms in total. The van der Waals surface area contributed by atoms with Crippen molar-refractivity contribution in [1.29, 1.82) is 0 Å². The molecular formula is C19H18N4O2S. The molecule has 0 fully saturated rings. The van der Waals surface area contributed by atoms with Crippen LogP contribution in [-0.2, 0) is 0 Å². The standard InChI is InChI=1S/C19H18N4O2S/c1-3-24-13-8-6-7-12(11-13)17-20-15-10-5-4-9-14(15)16-18(25-17)21-19(26-2)23-22-16/h4-11,17,20H,3H2,1-2H3/t17-/m1/s1. The summed E-state index contributed by atoms with van der Waals surface area (Å²) in [5.41, 5.74) is 3.42. The molecule has 0 saturated heterocycles. The largest absolute Gasteiger partial charge is 0.494 e. The number of hydrogen-bond donors (Lipinski definition) is 1. The molecule has 7 heteroatoms. The summed E-state index contributed by atoms with van der Waals surface area (Å²) in [7, 11) is 0. The van der Waals surface area contributed by atoms with Crippen molar-refractivity contribution in [2.75, 3.05) is 18.2 Å². The van der Waals surface area contributed by atoms with Gasteiger partial charge >= 0.3 is 0 Å². The first-order valence-corrected chi connectivity index (χ1v) is 9.55. The second-order valence-electron chi connectivity index (χ2n) is 5.65. The van der Waals surface area contributed by atoms with Gasteiger partial charge < -0.3 is 14.8 Å². The van der Waals surface area contributed by atoms with Crippen LogP contribution in [0, 0.1) is 0 Å². The maximum Gasteiger partial charge on any atom is 0.247 e. The van der Waals surface area contributed by atoms with E-state index in [9.17, 15) is 0 Å². The molecular weight excluding hydrogens is 348 g/mol. The number of aromatic nitrogens is 3. The van der Waals surface area contributed by atoms with E-state index in [1.54, 1.807) is 0 Å². The van der Waals surface area contributed by atoms with Crippen LogP contribution in [0.3, 0.4) is 0 Å². The second-order valence-corrected chi connectivity index (χ2v) is 6.42. The van der Waals surface area contributed by atoms with Gasteiger partial charge in [-0.3, -0.25) is 0 Å². The highest BCUT2D eigenvalue weighted by Crippen LogP contribution is 2.39. The lowest BCUT2D eigenvalue weighted by Gasteiger charge is -2.20. The molecule has 0 bridgehead atoms. The van der Waals surface area contributed by atoms with Gasteiger partial charge in [0.1, 0.15) is 5.75 Å². The van der Waals surface area contributed by atoms with E-state index in [-0.39, 0.29) is 0 Å². The molecule has 1 aliphatic heterocycles. The summed E-state index contributed by atoms with van der Waals surface area (Å²) >= 11 is 1.43. The number of anilines is 1. The van der Waals surface area contributed by atoms with Crippen molar-refractivity contribution >= 4 is 17.4 Å². The molecule has 2 aromatic carbocycles. The lowest BCUT2D eigenvalue weighted by atomic mass is 10.1. The highest BCUT2D eigenvalue weighted by molar-refractivity contribution is 7.98. The zero-order chi connectivity index (χ0) is 17.9. The van der Waals surface area contributed by atoms with E-state index in [2.05, 4.69) is 20.5 Å². The highest BCUT2D eigenvalue weighted by Gasteiger charge is 2.26. The van der Waals surface area contributed by atoms with Gasteiger partial charge in [0.25, 0.3) is 0 Å². The minimum atomic E-state index is -0.413. The summed E-state index contributed by atoms with van der Waals surface area (Å²) in [6, 6.07) is 15.8. The maximum absolute atomic E-state index is 6.21. The van der Waals surface area contributed by atoms with Crippen molar-refractivity contribution in [3.63, 3.8) is 0 Å².